The molecule has 17 heavy (non-hydrogen) atoms. The number of hydrogen-bond acceptors (Lipinski definition) is 3. The molecule has 0 aliphatic rings. The van der Waals surface area contributed by atoms with Crippen LogP contribution in [0.25, 0.3) is 0 Å². The predicted octanol–water partition coefficient (Wildman–Crippen LogP) is 1.09. The van der Waals surface area contributed by atoms with Gasteiger partial charge in [0.05, 0.1) is 0 Å². The summed E-state index contributed by atoms with van der Waals surface area (Å²) in [7, 11) is 0. The van der Waals surface area contributed by atoms with Crippen LogP contribution in [0.1, 0.15) is 21.7 Å². The lowest BCUT2D eigenvalue weighted by atomic mass is 10.1. The second kappa shape index (κ2) is 5.25. The summed E-state index contributed by atoms with van der Waals surface area (Å²) in [6.45, 7) is 2.63. The Morgan fingerprint density at radius 1 is 1.35 bits per heavy atom. The molecule has 0 saturated heterocycles. The van der Waals surface area contributed by atoms with Crippen molar-refractivity contribution in [1.29, 1.82) is 0 Å². The predicted molar refractivity (Wildman–Crippen MR) is 63.6 cm³/mol. The number of carbonyl (C=O) groups is 1. The van der Waals surface area contributed by atoms with Gasteiger partial charge >= 0.3 is 0 Å². The fourth-order valence-corrected chi connectivity index (χ4v) is 1.47. The van der Waals surface area contributed by atoms with Gasteiger partial charge in [0.15, 0.2) is 0 Å². The molecule has 1 heterocycles. The van der Waals surface area contributed by atoms with Crippen LogP contribution in [0.15, 0.2) is 30.6 Å². The van der Waals surface area contributed by atoms with E-state index in [0.29, 0.717) is 6.54 Å². The van der Waals surface area contributed by atoms with Gasteiger partial charge in [0.1, 0.15) is 6.33 Å². The number of aromatic amines is 1. The number of nitrogens with one attached hydrogen (secondary N) is 2. The molecule has 1 amide bonds. The van der Waals surface area contributed by atoms with E-state index in [1.165, 1.54) is 17.5 Å². The second-order valence-corrected chi connectivity index (χ2v) is 3.81. The maximum absolute atomic E-state index is 11.5. The molecule has 0 aliphatic heterocycles. The Bertz CT molecular complexity index is 476. The van der Waals surface area contributed by atoms with Gasteiger partial charge in [-0.1, -0.05) is 29.8 Å². The smallest absolute Gasteiger partial charge is 0.290 e. The second-order valence-electron chi connectivity index (χ2n) is 3.81. The van der Waals surface area contributed by atoms with Crippen molar-refractivity contribution in [2.75, 3.05) is 6.54 Å². The molecular weight excluding hydrogens is 216 g/mol. The van der Waals surface area contributed by atoms with Crippen LogP contribution in [0, 0.1) is 6.92 Å². The summed E-state index contributed by atoms with van der Waals surface area (Å²) in [5.74, 6) is -0.0766. The number of rotatable bonds is 4. The zero-order valence-corrected chi connectivity index (χ0v) is 9.60. The summed E-state index contributed by atoms with van der Waals surface area (Å²) >= 11 is 0. The van der Waals surface area contributed by atoms with E-state index in [1.807, 2.05) is 0 Å². The lowest BCUT2D eigenvalue weighted by molar-refractivity contribution is 0.0944. The molecule has 5 nitrogen and oxygen atoms in total. The van der Waals surface area contributed by atoms with E-state index in [0.717, 1.165) is 6.42 Å². The highest BCUT2D eigenvalue weighted by Gasteiger charge is 2.07. The molecule has 0 radical (unpaired) electrons. The Balaban J connectivity index is 1.80. The van der Waals surface area contributed by atoms with Gasteiger partial charge in [-0.25, -0.2) is 4.98 Å². The Morgan fingerprint density at radius 3 is 2.76 bits per heavy atom. The molecule has 1 aromatic carbocycles. The maximum Gasteiger partial charge on any atom is 0.290 e. The maximum atomic E-state index is 11.5. The Labute approximate surface area is 99.3 Å². The van der Waals surface area contributed by atoms with Gasteiger partial charge in [-0.3, -0.25) is 9.89 Å². The van der Waals surface area contributed by atoms with Gasteiger partial charge in [-0.15, -0.1) is 5.10 Å². The van der Waals surface area contributed by atoms with Crippen LogP contribution in [-0.2, 0) is 6.42 Å². The minimum Gasteiger partial charge on any atom is -0.349 e. The van der Waals surface area contributed by atoms with Crippen LogP contribution in [-0.4, -0.2) is 27.6 Å². The molecule has 0 bridgehead atoms. The van der Waals surface area contributed by atoms with Crippen LogP contribution >= 0.6 is 0 Å². The number of H-pyrrole nitrogens is 1. The summed E-state index contributed by atoms with van der Waals surface area (Å²) in [5, 5.41) is 8.97. The van der Waals surface area contributed by atoms with Crippen molar-refractivity contribution in [2.24, 2.45) is 0 Å². The van der Waals surface area contributed by atoms with Crippen molar-refractivity contribution in [3.63, 3.8) is 0 Å². The summed E-state index contributed by atoms with van der Waals surface area (Å²) in [4.78, 5) is 15.3. The molecule has 0 unspecified atom stereocenters. The standard InChI is InChI=1S/C12H14N4O/c1-9-2-4-10(5-3-9)6-7-13-12(17)11-14-8-15-16-11/h2-5,8H,6-7H2,1H3,(H,13,17)(H,14,15,16). The van der Waals surface area contributed by atoms with Gasteiger partial charge in [0.25, 0.3) is 5.91 Å². The van der Waals surface area contributed by atoms with Crippen LogP contribution in [0.2, 0.25) is 0 Å². The van der Waals surface area contributed by atoms with Crippen molar-refractivity contribution in [3.8, 4) is 0 Å². The van der Waals surface area contributed by atoms with Gasteiger partial charge in [0.2, 0.25) is 5.82 Å². The van der Waals surface area contributed by atoms with E-state index in [1.54, 1.807) is 0 Å². The van der Waals surface area contributed by atoms with Gasteiger partial charge < -0.3 is 5.32 Å². The molecule has 0 saturated carbocycles. The summed E-state index contributed by atoms with van der Waals surface area (Å²) in [6, 6.07) is 8.25. The zero-order valence-electron chi connectivity index (χ0n) is 9.60. The monoisotopic (exact) mass is 230 g/mol. The van der Waals surface area contributed by atoms with E-state index >= 15 is 0 Å². The molecule has 88 valence electrons. The SMILES string of the molecule is Cc1ccc(CCNC(=O)c2nc[nH]n2)cc1. The van der Waals surface area contributed by atoms with E-state index in [-0.39, 0.29) is 11.7 Å². The molecule has 2 rings (SSSR count). The normalized spacial score (nSPS) is 10.2. The van der Waals surface area contributed by atoms with Gasteiger partial charge in [0, 0.05) is 6.54 Å². The summed E-state index contributed by atoms with van der Waals surface area (Å²) in [6.07, 6.45) is 2.19. The average molecular weight is 230 g/mol. The third-order valence-electron chi connectivity index (χ3n) is 2.44. The molecule has 0 fully saturated rings. The molecule has 0 spiro atoms. The first-order valence-corrected chi connectivity index (χ1v) is 5.45. The molecule has 2 N–H and O–H groups in total. The quantitative estimate of drug-likeness (QED) is 0.825. The first-order chi connectivity index (χ1) is 8.25. The van der Waals surface area contributed by atoms with Crippen molar-refractivity contribution in [2.45, 2.75) is 13.3 Å². The number of aryl methyl sites for hydroxylation is 1. The van der Waals surface area contributed by atoms with E-state index in [2.05, 4.69) is 51.7 Å². The minimum absolute atomic E-state index is 0.175. The lowest BCUT2D eigenvalue weighted by Crippen LogP contribution is -2.26. The van der Waals surface area contributed by atoms with Crippen LogP contribution < -0.4 is 5.32 Å². The largest absolute Gasteiger partial charge is 0.349 e. The molecule has 1 aromatic heterocycles. The number of carbonyl (C=O) groups excluding carboxylic acids is 1. The van der Waals surface area contributed by atoms with Gasteiger partial charge in [-0.05, 0) is 18.9 Å². The molecule has 2 aromatic rings. The number of nitrogens with zero attached hydrogens (tertiary/aromatic N) is 2. The number of benzene rings is 1. The van der Waals surface area contributed by atoms with E-state index in [4.69, 9.17) is 0 Å². The molecular formula is C12H14N4O. The lowest BCUT2D eigenvalue weighted by Gasteiger charge is -2.03. The fourth-order valence-electron chi connectivity index (χ4n) is 1.47. The number of hydrogen-bond donors (Lipinski definition) is 2. The third kappa shape index (κ3) is 3.14. The topological polar surface area (TPSA) is 70.7 Å². The van der Waals surface area contributed by atoms with E-state index < -0.39 is 0 Å². The minimum atomic E-state index is -0.252. The van der Waals surface area contributed by atoms with Crippen LogP contribution in [0.5, 0.6) is 0 Å². The summed E-state index contributed by atoms with van der Waals surface area (Å²) < 4.78 is 0. The molecule has 5 heteroatoms. The molecule has 0 aliphatic carbocycles. The Hall–Kier alpha value is -2.17. The third-order valence-corrected chi connectivity index (χ3v) is 2.44. The fraction of sp³-hybridized carbons (Fsp3) is 0.250. The first-order valence-electron chi connectivity index (χ1n) is 5.45. The Kier molecular flexibility index (Phi) is 3.49. The summed E-state index contributed by atoms with van der Waals surface area (Å²) in [5.41, 5.74) is 2.43. The van der Waals surface area contributed by atoms with Crippen molar-refractivity contribution in [1.82, 2.24) is 20.5 Å². The average Bonchev–Trinajstić information content (AvgIpc) is 2.85. The zero-order chi connectivity index (χ0) is 12.1. The highest BCUT2D eigenvalue weighted by molar-refractivity contribution is 5.90. The highest BCUT2D eigenvalue weighted by atomic mass is 16.2. The van der Waals surface area contributed by atoms with Crippen LogP contribution in [0.4, 0.5) is 0 Å². The first kappa shape index (κ1) is 11.3. The number of amides is 1. The van der Waals surface area contributed by atoms with Crippen LogP contribution in [0.3, 0.4) is 0 Å². The molecule has 0 atom stereocenters. The number of aromatic nitrogens is 3. The Morgan fingerprint density at radius 2 is 2.12 bits per heavy atom. The van der Waals surface area contributed by atoms with Crippen molar-refractivity contribution < 1.29 is 4.79 Å². The van der Waals surface area contributed by atoms with Crippen molar-refractivity contribution >= 4 is 5.91 Å². The van der Waals surface area contributed by atoms with E-state index in [9.17, 15) is 4.79 Å². The van der Waals surface area contributed by atoms with Gasteiger partial charge in [-0.2, -0.15) is 0 Å². The highest BCUT2D eigenvalue weighted by Crippen LogP contribution is 2.03. The van der Waals surface area contributed by atoms with Crippen molar-refractivity contribution in [3.05, 3.63) is 47.5 Å².